The molecular formula is C12H6F3O5-. The Morgan fingerprint density at radius 1 is 1.35 bits per heavy atom. The van der Waals surface area contributed by atoms with Crippen LogP contribution in [0.3, 0.4) is 0 Å². The fraction of sp³-hybridized carbons (Fsp3) is 0.167. The predicted molar refractivity (Wildman–Crippen MR) is 58.9 cm³/mol. The van der Waals surface area contributed by atoms with E-state index in [1.165, 1.54) is 19.2 Å². The van der Waals surface area contributed by atoms with Crippen LogP contribution >= 0.6 is 0 Å². The number of carbonyl (C=O) groups is 1. The number of rotatable bonds is 2. The van der Waals surface area contributed by atoms with Gasteiger partial charge < -0.3 is 14.3 Å². The Kier molecular flexibility index (Phi) is 3.16. The number of halogens is 3. The molecule has 2 rings (SSSR count). The van der Waals surface area contributed by atoms with E-state index in [1.807, 2.05) is 0 Å². The van der Waals surface area contributed by atoms with Crippen molar-refractivity contribution in [2.45, 2.75) is 6.18 Å². The zero-order chi connectivity index (χ0) is 15.1. The molecule has 1 aromatic heterocycles. The minimum absolute atomic E-state index is 0.245. The smallest absolute Gasteiger partial charge is 0.455 e. The molecule has 0 unspecified atom stereocenters. The molecule has 2 aromatic rings. The Bertz CT molecular complexity index is 745. The number of hydrogen-bond donors (Lipinski definition) is 0. The molecule has 0 saturated heterocycles. The SMILES string of the molecule is COc1ccc2c([O-])c(C(=O)C(F)(F)F)c(=O)oc2c1. The molecule has 0 N–H and O–H groups in total. The summed E-state index contributed by atoms with van der Waals surface area (Å²) in [4.78, 5) is 22.5. The zero-order valence-electron chi connectivity index (χ0n) is 9.91. The van der Waals surface area contributed by atoms with Gasteiger partial charge in [-0.15, -0.1) is 0 Å². The van der Waals surface area contributed by atoms with Crippen LogP contribution in [0.15, 0.2) is 27.4 Å². The molecule has 1 heterocycles. The summed E-state index contributed by atoms with van der Waals surface area (Å²) < 4.78 is 46.4. The topological polar surface area (TPSA) is 79.6 Å². The van der Waals surface area contributed by atoms with E-state index >= 15 is 0 Å². The average molecular weight is 287 g/mol. The first kappa shape index (κ1) is 13.9. The molecule has 0 aliphatic rings. The van der Waals surface area contributed by atoms with Crippen LogP contribution < -0.4 is 15.5 Å². The van der Waals surface area contributed by atoms with Crippen LogP contribution in [-0.4, -0.2) is 19.1 Å². The maximum atomic E-state index is 12.3. The molecule has 0 aliphatic heterocycles. The van der Waals surface area contributed by atoms with Gasteiger partial charge in [-0.2, -0.15) is 13.2 Å². The molecule has 0 spiro atoms. The van der Waals surface area contributed by atoms with Gasteiger partial charge in [0.2, 0.25) is 0 Å². The molecule has 0 bridgehead atoms. The summed E-state index contributed by atoms with van der Waals surface area (Å²) in [6.45, 7) is 0. The van der Waals surface area contributed by atoms with Crippen molar-refractivity contribution in [2.75, 3.05) is 7.11 Å². The highest BCUT2D eigenvalue weighted by atomic mass is 19.4. The number of methoxy groups -OCH3 is 1. The maximum absolute atomic E-state index is 12.3. The number of carbonyl (C=O) groups excluding carboxylic acids is 1. The second-order valence-corrected chi connectivity index (χ2v) is 3.78. The second-order valence-electron chi connectivity index (χ2n) is 3.78. The Morgan fingerprint density at radius 3 is 2.55 bits per heavy atom. The first-order valence-electron chi connectivity index (χ1n) is 5.19. The number of fused-ring (bicyclic) bond motifs is 1. The zero-order valence-corrected chi connectivity index (χ0v) is 9.91. The quantitative estimate of drug-likeness (QED) is 0.619. The van der Waals surface area contributed by atoms with Crippen LogP contribution in [-0.2, 0) is 0 Å². The number of hydrogen-bond acceptors (Lipinski definition) is 5. The predicted octanol–water partition coefficient (Wildman–Crippen LogP) is 1.62. The Hall–Kier alpha value is -2.51. The van der Waals surface area contributed by atoms with Crippen LogP contribution in [0.1, 0.15) is 10.4 Å². The third kappa shape index (κ3) is 2.20. The van der Waals surface area contributed by atoms with Crippen LogP contribution in [0.25, 0.3) is 11.0 Å². The van der Waals surface area contributed by atoms with Crippen molar-refractivity contribution < 1.29 is 32.2 Å². The number of Topliss-reactive ketones (excluding diaryl/α,β-unsaturated/α-hetero) is 1. The van der Waals surface area contributed by atoms with Crippen LogP contribution in [0.2, 0.25) is 0 Å². The van der Waals surface area contributed by atoms with Crippen molar-refractivity contribution in [1.29, 1.82) is 0 Å². The molecule has 0 radical (unpaired) electrons. The minimum Gasteiger partial charge on any atom is -0.871 e. The lowest BCUT2D eigenvalue weighted by molar-refractivity contribution is -0.266. The van der Waals surface area contributed by atoms with E-state index in [4.69, 9.17) is 4.74 Å². The molecule has 8 heteroatoms. The van der Waals surface area contributed by atoms with Crippen molar-refractivity contribution in [2.24, 2.45) is 0 Å². The van der Waals surface area contributed by atoms with Gasteiger partial charge in [-0.05, 0) is 12.1 Å². The molecule has 0 amide bonds. The lowest BCUT2D eigenvalue weighted by Crippen LogP contribution is -2.29. The van der Waals surface area contributed by atoms with Gasteiger partial charge in [0.05, 0.1) is 7.11 Å². The molecule has 1 aromatic carbocycles. The van der Waals surface area contributed by atoms with E-state index in [0.29, 0.717) is 0 Å². The molecule has 0 fully saturated rings. The fourth-order valence-electron chi connectivity index (χ4n) is 1.62. The van der Waals surface area contributed by atoms with Crippen molar-refractivity contribution >= 4 is 16.8 Å². The first-order chi connectivity index (χ1) is 9.25. The lowest BCUT2D eigenvalue weighted by atomic mass is 10.1. The monoisotopic (exact) mass is 287 g/mol. The second kappa shape index (κ2) is 4.55. The molecule has 106 valence electrons. The van der Waals surface area contributed by atoms with Crippen LogP contribution in [0, 0.1) is 0 Å². The van der Waals surface area contributed by atoms with E-state index in [-0.39, 0.29) is 16.7 Å². The van der Waals surface area contributed by atoms with E-state index in [2.05, 4.69) is 4.42 Å². The Balaban J connectivity index is 2.77. The van der Waals surface area contributed by atoms with Gasteiger partial charge in [0.1, 0.15) is 16.9 Å². The number of ketones is 1. The lowest BCUT2D eigenvalue weighted by Gasteiger charge is -2.15. The van der Waals surface area contributed by atoms with E-state index in [0.717, 1.165) is 6.07 Å². The van der Waals surface area contributed by atoms with Crippen molar-refractivity contribution in [3.63, 3.8) is 0 Å². The molecular weight excluding hydrogens is 281 g/mol. The van der Waals surface area contributed by atoms with Gasteiger partial charge >= 0.3 is 11.8 Å². The number of alkyl halides is 3. The number of ether oxygens (including phenoxy) is 1. The number of benzene rings is 1. The van der Waals surface area contributed by atoms with Gasteiger partial charge in [0, 0.05) is 11.5 Å². The summed E-state index contributed by atoms with van der Waals surface area (Å²) >= 11 is 0. The van der Waals surface area contributed by atoms with E-state index in [9.17, 15) is 27.9 Å². The standard InChI is InChI=1S/C12H7F3O5/c1-19-5-2-3-6-7(4-5)20-11(18)8(9(6)16)10(17)12(13,14)15/h2-4,16H,1H3/p-1. The average Bonchev–Trinajstić information content (AvgIpc) is 2.36. The first-order valence-corrected chi connectivity index (χ1v) is 5.19. The summed E-state index contributed by atoms with van der Waals surface area (Å²) in [7, 11) is 1.32. The van der Waals surface area contributed by atoms with Gasteiger partial charge in [0.25, 0.3) is 5.78 Å². The van der Waals surface area contributed by atoms with Crippen LogP contribution in [0.5, 0.6) is 11.5 Å². The highest BCUT2D eigenvalue weighted by Gasteiger charge is 2.41. The molecule has 5 nitrogen and oxygen atoms in total. The Labute approximate surface area is 109 Å². The van der Waals surface area contributed by atoms with Gasteiger partial charge in [-0.1, -0.05) is 5.75 Å². The van der Waals surface area contributed by atoms with Crippen molar-refractivity contribution in [3.05, 3.63) is 34.2 Å². The van der Waals surface area contributed by atoms with Crippen molar-refractivity contribution in [1.82, 2.24) is 0 Å². The third-order valence-corrected chi connectivity index (χ3v) is 2.55. The summed E-state index contributed by atoms with van der Waals surface area (Å²) in [6.07, 6.45) is -5.33. The molecule has 0 aliphatic carbocycles. The van der Waals surface area contributed by atoms with Crippen molar-refractivity contribution in [3.8, 4) is 11.5 Å². The normalized spacial score (nSPS) is 11.6. The van der Waals surface area contributed by atoms with Gasteiger partial charge in [-0.3, -0.25) is 4.79 Å². The summed E-state index contributed by atoms with van der Waals surface area (Å²) in [5.41, 5.74) is -3.42. The van der Waals surface area contributed by atoms with E-state index in [1.54, 1.807) is 0 Å². The third-order valence-electron chi connectivity index (χ3n) is 2.55. The van der Waals surface area contributed by atoms with Gasteiger partial charge in [-0.25, -0.2) is 4.79 Å². The summed E-state index contributed by atoms with van der Waals surface area (Å²) in [5, 5.41) is 11.5. The molecule has 0 saturated carbocycles. The molecule has 0 atom stereocenters. The highest BCUT2D eigenvalue weighted by Crippen LogP contribution is 2.30. The summed E-state index contributed by atoms with van der Waals surface area (Å²) in [6, 6.07) is 3.58. The molecule has 20 heavy (non-hydrogen) atoms. The largest absolute Gasteiger partial charge is 0.871 e. The van der Waals surface area contributed by atoms with Gasteiger partial charge in [0.15, 0.2) is 0 Å². The highest BCUT2D eigenvalue weighted by molar-refractivity contribution is 6.05. The minimum atomic E-state index is -5.33. The van der Waals surface area contributed by atoms with Crippen LogP contribution in [0.4, 0.5) is 13.2 Å². The fourth-order valence-corrected chi connectivity index (χ4v) is 1.62. The van der Waals surface area contributed by atoms with E-state index < -0.39 is 28.9 Å². The maximum Gasteiger partial charge on any atom is 0.455 e. The summed E-state index contributed by atoms with van der Waals surface area (Å²) in [5.74, 6) is -3.59. The Morgan fingerprint density at radius 2 is 2.00 bits per heavy atom.